The second-order valence-electron chi connectivity index (χ2n) is 4.44. The van der Waals surface area contributed by atoms with E-state index in [9.17, 15) is 0 Å². The normalized spacial score (nSPS) is 19.3. The molecule has 3 rings (SSSR count). The van der Waals surface area contributed by atoms with Gasteiger partial charge in [-0.05, 0) is 0 Å². The van der Waals surface area contributed by atoms with E-state index in [4.69, 9.17) is 4.84 Å². The molecule has 1 aromatic heterocycles. The van der Waals surface area contributed by atoms with Crippen molar-refractivity contribution in [3.05, 3.63) is 30.6 Å². The first kappa shape index (κ1) is 13.9. The maximum absolute atomic E-state index is 5.42. The molecule has 104 valence electrons. The van der Waals surface area contributed by atoms with E-state index < -0.39 is 0 Å². The van der Waals surface area contributed by atoms with Crippen molar-refractivity contribution in [2.75, 3.05) is 38.1 Å². The highest BCUT2D eigenvalue weighted by molar-refractivity contribution is 5.34. The number of rotatable bonds is 1. The molecule has 6 heteroatoms. The quantitative estimate of drug-likeness (QED) is 0.748. The molecule has 0 bridgehead atoms. The SMILES string of the molecule is C=C.CN1Cc2nc(N3CCNCC3)ncc2CO1. The second kappa shape index (κ2) is 6.60. The highest BCUT2D eigenvalue weighted by atomic mass is 16.7. The van der Waals surface area contributed by atoms with Gasteiger partial charge in [-0.1, -0.05) is 0 Å². The monoisotopic (exact) mass is 263 g/mol. The Morgan fingerprint density at radius 2 is 2.05 bits per heavy atom. The summed E-state index contributed by atoms with van der Waals surface area (Å²) >= 11 is 0. The lowest BCUT2D eigenvalue weighted by Crippen LogP contribution is -2.44. The highest BCUT2D eigenvalue weighted by Crippen LogP contribution is 2.18. The molecule has 0 unspecified atom stereocenters. The van der Waals surface area contributed by atoms with Gasteiger partial charge in [0.05, 0.1) is 18.8 Å². The number of hydrogen-bond acceptors (Lipinski definition) is 6. The number of aromatic nitrogens is 2. The Kier molecular flexibility index (Phi) is 4.84. The fourth-order valence-corrected chi connectivity index (χ4v) is 2.14. The van der Waals surface area contributed by atoms with Crippen LogP contribution in [0.3, 0.4) is 0 Å². The van der Waals surface area contributed by atoms with E-state index in [1.54, 1.807) is 0 Å². The van der Waals surface area contributed by atoms with Crippen molar-refractivity contribution in [3.8, 4) is 0 Å². The van der Waals surface area contributed by atoms with Crippen molar-refractivity contribution < 1.29 is 4.84 Å². The molecule has 2 aliphatic rings. The summed E-state index contributed by atoms with van der Waals surface area (Å²) in [6.07, 6.45) is 1.90. The molecule has 1 N–H and O–H groups in total. The van der Waals surface area contributed by atoms with Crippen molar-refractivity contribution in [1.82, 2.24) is 20.3 Å². The predicted octanol–water partition coefficient (Wildman–Crippen LogP) is 0.565. The molecule has 0 radical (unpaired) electrons. The number of hydroxylamine groups is 2. The molecule has 6 nitrogen and oxygen atoms in total. The van der Waals surface area contributed by atoms with Crippen LogP contribution >= 0.6 is 0 Å². The van der Waals surface area contributed by atoms with Crippen molar-refractivity contribution in [3.63, 3.8) is 0 Å². The van der Waals surface area contributed by atoms with Gasteiger partial charge in [0.25, 0.3) is 0 Å². The van der Waals surface area contributed by atoms with Gasteiger partial charge in [0.15, 0.2) is 0 Å². The first-order valence-corrected chi connectivity index (χ1v) is 6.47. The van der Waals surface area contributed by atoms with Crippen LogP contribution in [0.5, 0.6) is 0 Å². The Balaban J connectivity index is 0.000000637. The van der Waals surface area contributed by atoms with Crippen LogP contribution in [0.15, 0.2) is 19.4 Å². The maximum atomic E-state index is 5.42. The Labute approximate surface area is 114 Å². The average Bonchev–Trinajstić information content (AvgIpc) is 2.49. The molecule has 0 aliphatic carbocycles. The molecule has 1 aromatic rings. The van der Waals surface area contributed by atoms with Gasteiger partial charge in [-0.15, -0.1) is 13.2 Å². The summed E-state index contributed by atoms with van der Waals surface area (Å²) in [6.45, 7) is 11.3. The van der Waals surface area contributed by atoms with Crippen LogP contribution in [0.4, 0.5) is 5.95 Å². The number of anilines is 1. The van der Waals surface area contributed by atoms with Crippen LogP contribution < -0.4 is 10.2 Å². The van der Waals surface area contributed by atoms with Gasteiger partial charge in [-0.2, -0.15) is 5.06 Å². The molecule has 0 spiro atoms. The minimum atomic E-state index is 0.577. The molecule has 3 heterocycles. The van der Waals surface area contributed by atoms with Crippen molar-refractivity contribution in [1.29, 1.82) is 0 Å². The summed E-state index contributed by atoms with van der Waals surface area (Å²) in [4.78, 5) is 16.7. The van der Waals surface area contributed by atoms with E-state index in [1.165, 1.54) is 0 Å². The van der Waals surface area contributed by atoms with Crippen LogP contribution in [0, 0.1) is 0 Å². The second-order valence-corrected chi connectivity index (χ2v) is 4.44. The van der Waals surface area contributed by atoms with E-state index in [0.717, 1.165) is 49.9 Å². The van der Waals surface area contributed by atoms with E-state index in [1.807, 2.05) is 18.3 Å². The third kappa shape index (κ3) is 3.28. The lowest BCUT2D eigenvalue weighted by Gasteiger charge is -2.29. The third-order valence-corrected chi connectivity index (χ3v) is 3.15. The third-order valence-electron chi connectivity index (χ3n) is 3.15. The summed E-state index contributed by atoms with van der Waals surface area (Å²) in [5, 5.41) is 5.14. The summed E-state index contributed by atoms with van der Waals surface area (Å²) in [5.74, 6) is 0.848. The Morgan fingerprint density at radius 1 is 1.32 bits per heavy atom. The molecule has 2 aliphatic heterocycles. The Morgan fingerprint density at radius 3 is 2.79 bits per heavy atom. The van der Waals surface area contributed by atoms with E-state index >= 15 is 0 Å². The van der Waals surface area contributed by atoms with Gasteiger partial charge >= 0.3 is 0 Å². The molecular formula is C13H21N5O. The van der Waals surface area contributed by atoms with Crippen LogP contribution in [-0.2, 0) is 18.0 Å². The van der Waals surface area contributed by atoms with Crippen LogP contribution in [-0.4, -0.2) is 48.3 Å². The lowest BCUT2D eigenvalue weighted by molar-refractivity contribution is -0.169. The van der Waals surface area contributed by atoms with Gasteiger partial charge in [0.2, 0.25) is 5.95 Å². The first-order chi connectivity index (χ1) is 9.33. The molecule has 1 fully saturated rings. The molecule has 1 saturated heterocycles. The molecule has 0 saturated carbocycles. The molecule has 0 aromatic carbocycles. The average molecular weight is 263 g/mol. The highest BCUT2D eigenvalue weighted by Gasteiger charge is 2.19. The fourth-order valence-electron chi connectivity index (χ4n) is 2.14. The first-order valence-electron chi connectivity index (χ1n) is 6.47. The topological polar surface area (TPSA) is 53.5 Å². The van der Waals surface area contributed by atoms with Gasteiger partial charge < -0.3 is 10.2 Å². The summed E-state index contributed by atoms with van der Waals surface area (Å²) in [7, 11) is 1.93. The van der Waals surface area contributed by atoms with Gasteiger partial charge in [-0.25, -0.2) is 9.97 Å². The van der Waals surface area contributed by atoms with E-state index in [0.29, 0.717) is 6.61 Å². The van der Waals surface area contributed by atoms with E-state index in [2.05, 4.69) is 33.3 Å². The summed E-state index contributed by atoms with van der Waals surface area (Å²) in [5.41, 5.74) is 2.18. The summed E-state index contributed by atoms with van der Waals surface area (Å²) in [6, 6.07) is 0. The number of piperazine rings is 1. The number of nitrogens with zero attached hydrogens (tertiary/aromatic N) is 4. The fraction of sp³-hybridized carbons (Fsp3) is 0.538. The van der Waals surface area contributed by atoms with Gasteiger partial charge in [-0.3, -0.25) is 4.84 Å². The Hall–Kier alpha value is -1.50. The Bertz CT molecular complexity index is 419. The van der Waals surface area contributed by atoms with E-state index in [-0.39, 0.29) is 0 Å². The van der Waals surface area contributed by atoms with Crippen molar-refractivity contribution in [2.45, 2.75) is 13.2 Å². The maximum Gasteiger partial charge on any atom is 0.225 e. The minimum absolute atomic E-state index is 0.577. The van der Waals surface area contributed by atoms with Gasteiger partial charge in [0, 0.05) is 45.0 Å². The minimum Gasteiger partial charge on any atom is -0.338 e. The molecule has 0 amide bonds. The number of nitrogens with one attached hydrogen (secondary N) is 1. The predicted molar refractivity (Wildman–Crippen MR) is 74.6 cm³/mol. The van der Waals surface area contributed by atoms with Crippen molar-refractivity contribution in [2.24, 2.45) is 0 Å². The zero-order chi connectivity index (χ0) is 13.7. The van der Waals surface area contributed by atoms with Crippen LogP contribution in [0.2, 0.25) is 0 Å². The van der Waals surface area contributed by atoms with Crippen molar-refractivity contribution >= 4 is 5.95 Å². The molecule has 19 heavy (non-hydrogen) atoms. The zero-order valence-corrected chi connectivity index (χ0v) is 11.4. The smallest absolute Gasteiger partial charge is 0.225 e. The molecular weight excluding hydrogens is 242 g/mol. The summed E-state index contributed by atoms with van der Waals surface area (Å²) < 4.78 is 0. The zero-order valence-electron chi connectivity index (χ0n) is 11.4. The lowest BCUT2D eigenvalue weighted by atomic mass is 10.2. The standard InChI is InChI=1S/C11H17N5O.C2H4/c1-15-7-10-9(8-17-15)6-13-11(14-10)16-4-2-12-3-5-16;1-2/h6,12H,2-5,7-8H2,1H3;1-2H2. The van der Waals surface area contributed by atoms with Gasteiger partial charge in [0.1, 0.15) is 0 Å². The number of fused-ring (bicyclic) bond motifs is 1. The van der Waals surface area contributed by atoms with Crippen LogP contribution in [0.25, 0.3) is 0 Å². The molecule has 0 atom stereocenters. The largest absolute Gasteiger partial charge is 0.338 e. The number of hydrogen-bond donors (Lipinski definition) is 1. The van der Waals surface area contributed by atoms with Crippen LogP contribution in [0.1, 0.15) is 11.3 Å².